The van der Waals surface area contributed by atoms with Crippen molar-refractivity contribution in [1.29, 1.82) is 0 Å². The summed E-state index contributed by atoms with van der Waals surface area (Å²) in [7, 11) is -0.392. The molecule has 0 saturated heterocycles. The average Bonchev–Trinajstić information content (AvgIpc) is 3.13. The lowest BCUT2D eigenvalue weighted by atomic mass is 9.98. The van der Waals surface area contributed by atoms with Crippen LogP contribution in [0.1, 0.15) is 36.1 Å². The summed E-state index contributed by atoms with van der Waals surface area (Å²) in [5.41, 5.74) is 3.68. The average molecular weight is 388 g/mol. The van der Waals surface area contributed by atoms with Gasteiger partial charge in [0.15, 0.2) is 0 Å². The van der Waals surface area contributed by atoms with Gasteiger partial charge >= 0.3 is 0 Å². The fourth-order valence-corrected chi connectivity index (χ4v) is 4.08. The van der Waals surface area contributed by atoms with Gasteiger partial charge < -0.3 is 9.47 Å². The van der Waals surface area contributed by atoms with Crippen LogP contribution in [0.25, 0.3) is 0 Å². The maximum Gasteiger partial charge on any atom is 0.247 e. The number of methoxy groups -OCH3 is 2. The fourth-order valence-electron chi connectivity index (χ4n) is 3.17. The second kappa shape index (κ2) is 7.60. The largest absolute Gasteiger partial charge is 0.497 e. The van der Waals surface area contributed by atoms with Gasteiger partial charge in [-0.3, -0.25) is 0 Å². The molecule has 144 valence electrons. The molecule has 6 nitrogen and oxygen atoms in total. The van der Waals surface area contributed by atoms with Crippen molar-refractivity contribution >= 4 is 15.7 Å². The minimum atomic E-state index is -3.53. The number of sulfonamides is 1. The van der Waals surface area contributed by atoms with Crippen molar-refractivity contribution in [2.24, 2.45) is 5.10 Å². The van der Waals surface area contributed by atoms with Crippen LogP contribution in [0.3, 0.4) is 0 Å². The Balaban J connectivity index is 2.01. The highest BCUT2D eigenvalue weighted by atomic mass is 32.2. The lowest BCUT2D eigenvalue weighted by Gasteiger charge is -2.22. The number of benzene rings is 2. The van der Waals surface area contributed by atoms with E-state index in [2.05, 4.69) is 12.0 Å². The smallest absolute Gasteiger partial charge is 0.247 e. The van der Waals surface area contributed by atoms with Crippen LogP contribution in [0.5, 0.6) is 11.5 Å². The van der Waals surface area contributed by atoms with Crippen molar-refractivity contribution in [2.75, 3.05) is 20.5 Å². The Morgan fingerprint density at radius 1 is 1.07 bits per heavy atom. The van der Waals surface area contributed by atoms with Crippen molar-refractivity contribution < 1.29 is 17.9 Å². The summed E-state index contributed by atoms with van der Waals surface area (Å²) in [6.07, 6.45) is 2.60. The third-order valence-electron chi connectivity index (χ3n) is 4.67. The summed E-state index contributed by atoms with van der Waals surface area (Å²) in [6.45, 7) is 2.10. The van der Waals surface area contributed by atoms with Crippen molar-refractivity contribution in [3.8, 4) is 11.5 Å². The number of rotatable bonds is 6. The topological polar surface area (TPSA) is 68.2 Å². The lowest BCUT2D eigenvalue weighted by Crippen LogP contribution is -2.26. The van der Waals surface area contributed by atoms with Gasteiger partial charge in [-0.25, -0.2) is 8.42 Å². The van der Waals surface area contributed by atoms with Crippen LogP contribution in [0.15, 0.2) is 47.6 Å². The van der Waals surface area contributed by atoms with Crippen LogP contribution >= 0.6 is 0 Å². The molecule has 3 rings (SSSR count). The Labute approximate surface area is 160 Å². The van der Waals surface area contributed by atoms with E-state index in [0.29, 0.717) is 17.9 Å². The molecule has 0 aliphatic carbocycles. The van der Waals surface area contributed by atoms with Crippen LogP contribution in [-0.2, 0) is 16.4 Å². The molecule has 2 aromatic rings. The van der Waals surface area contributed by atoms with E-state index in [-0.39, 0.29) is 0 Å². The van der Waals surface area contributed by atoms with Crippen LogP contribution in [0.2, 0.25) is 0 Å². The molecular formula is C20H24N2O4S. The summed E-state index contributed by atoms with van der Waals surface area (Å²) in [5.74, 6) is 1.22. The van der Waals surface area contributed by atoms with Gasteiger partial charge in [-0.05, 0) is 35.2 Å². The first kappa shape index (κ1) is 19.2. The molecule has 0 bridgehead atoms. The zero-order chi connectivity index (χ0) is 19.6. The molecule has 0 amide bonds. The fraction of sp³-hybridized carbons (Fsp3) is 0.350. The predicted octanol–water partition coefficient (Wildman–Crippen LogP) is 3.38. The quantitative estimate of drug-likeness (QED) is 0.761. The maximum absolute atomic E-state index is 12.4. The Kier molecular flexibility index (Phi) is 5.41. The predicted molar refractivity (Wildman–Crippen MR) is 106 cm³/mol. The molecule has 0 radical (unpaired) electrons. The Hall–Kier alpha value is -2.54. The monoisotopic (exact) mass is 388 g/mol. The van der Waals surface area contributed by atoms with Gasteiger partial charge in [-0.15, -0.1) is 0 Å². The van der Waals surface area contributed by atoms with Gasteiger partial charge in [0.2, 0.25) is 10.0 Å². The van der Waals surface area contributed by atoms with Crippen molar-refractivity contribution in [3.05, 3.63) is 59.2 Å². The molecule has 0 N–H and O–H groups in total. The van der Waals surface area contributed by atoms with Gasteiger partial charge in [-0.2, -0.15) is 9.52 Å². The molecule has 2 aromatic carbocycles. The number of hydrazone groups is 1. The van der Waals surface area contributed by atoms with Gasteiger partial charge in [-0.1, -0.05) is 31.2 Å². The second-order valence-corrected chi connectivity index (χ2v) is 8.34. The highest BCUT2D eigenvalue weighted by Crippen LogP contribution is 2.37. The summed E-state index contributed by atoms with van der Waals surface area (Å²) in [6, 6.07) is 13.0. The molecule has 7 heteroatoms. The molecule has 27 heavy (non-hydrogen) atoms. The van der Waals surface area contributed by atoms with E-state index in [1.807, 2.05) is 36.4 Å². The van der Waals surface area contributed by atoms with E-state index in [1.165, 1.54) is 16.2 Å². The molecular weight excluding hydrogens is 364 g/mol. The van der Waals surface area contributed by atoms with Gasteiger partial charge in [0, 0.05) is 12.5 Å². The molecule has 1 heterocycles. The van der Waals surface area contributed by atoms with E-state index >= 15 is 0 Å². The Morgan fingerprint density at radius 2 is 1.67 bits per heavy atom. The first-order valence-corrected chi connectivity index (χ1v) is 10.6. The maximum atomic E-state index is 12.4. The summed E-state index contributed by atoms with van der Waals surface area (Å²) in [4.78, 5) is 0. The summed E-state index contributed by atoms with van der Waals surface area (Å²) < 4.78 is 36.6. The molecule has 1 aliphatic rings. The lowest BCUT2D eigenvalue weighted by molar-refractivity contribution is 0.364. The van der Waals surface area contributed by atoms with Gasteiger partial charge in [0.25, 0.3) is 0 Å². The van der Waals surface area contributed by atoms with Crippen LogP contribution in [0, 0.1) is 0 Å². The minimum Gasteiger partial charge on any atom is -0.497 e. The van der Waals surface area contributed by atoms with E-state index in [0.717, 1.165) is 23.3 Å². The van der Waals surface area contributed by atoms with Crippen LogP contribution < -0.4 is 9.47 Å². The SMILES string of the molecule is CCc1ccc(C2=NN(S(C)(=O)=O)C(c3cc(OC)cc(OC)c3)C2)cc1. The van der Waals surface area contributed by atoms with E-state index in [9.17, 15) is 8.42 Å². The number of nitrogens with zero attached hydrogens (tertiary/aromatic N) is 2. The van der Waals surface area contributed by atoms with E-state index in [1.54, 1.807) is 20.3 Å². The number of hydrogen-bond acceptors (Lipinski definition) is 5. The van der Waals surface area contributed by atoms with Crippen molar-refractivity contribution in [2.45, 2.75) is 25.8 Å². The Morgan fingerprint density at radius 3 is 2.15 bits per heavy atom. The van der Waals surface area contributed by atoms with Gasteiger partial charge in [0.05, 0.1) is 32.2 Å². The van der Waals surface area contributed by atoms with Gasteiger partial charge in [0.1, 0.15) is 11.5 Å². The molecule has 0 saturated carbocycles. The molecule has 1 aliphatic heterocycles. The highest BCUT2D eigenvalue weighted by Gasteiger charge is 2.35. The molecule has 0 spiro atoms. The molecule has 0 fully saturated rings. The first-order valence-electron chi connectivity index (χ1n) is 8.75. The standard InChI is InChI=1S/C20H24N2O4S/c1-5-14-6-8-15(9-7-14)19-13-20(22(21-19)27(4,23)24)16-10-17(25-2)12-18(11-16)26-3/h6-12,20H,5,13H2,1-4H3. The number of hydrogen-bond donors (Lipinski definition) is 0. The van der Waals surface area contributed by atoms with E-state index in [4.69, 9.17) is 9.47 Å². The zero-order valence-electron chi connectivity index (χ0n) is 16.0. The zero-order valence-corrected chi connectivity index (χ0v) is 16.8. The van der Waals surface area contributed by atoms with E-state index < -0.39 is 16.1 Å². The number of aryl methyl sites for hydroxylation is 1. The highest BCUT2D eigenvalue weighted by molar-refractivity contribution is 7.88. The third kappa shape index (κ3) is 4.08. The third-order valence-corrected chi connectivity index (χ3v) is 5.68. The van der Waals surface area contributed by atoms with Crippen molar-refractivity contribution in [3.63, 3.8) is 0 Å². The summed E-state index contributed by atoms with van der Waals surface area (Å²) in [5, 5.41) is 4.43. The van der Waals surface area contributed by atoms with Crippen LogP contribution in [0.4, 0.5) is 0 Å². The number of ether oxygens (including phenoxy) is 2. The van der Waals surface area contributed by atoms with Crippen LogP contribution in [-0.4, -0.2) is 39.0 Å². The minimum absolute atomic E-state index is 0.440. The molecule has 1 atom stereocenters. The Bertz CT molecular complexity index is 930. The molecule has 0 aromatic heterocycles. The normalized spacial score (nSPS) is 17.0. The molecule has 1 unspecified atom stereocenters. The van der Waals surface area contributed by atoms with Crippen molar-refractivity contribution in [1.82, 2.24) is 4.41 Å². The summed E-state index contributed by atoms with van der Waals surface area (Å²) >= 11 is 0. The first-order chi connectivity index (χ1) is 12.9. The second-order valence-electron chi connectivity index (χ2n) is 6.50.